The molecule has 2 aromatic carbocycles. The van der Waals surface area contributed by atoms with Gasteiger partial charge in [-0.05, 0) is 67.8 Å². The van der Waals surface area contributed by atoms with E-state index in [0.29, 0.717) is 25.2 Å². The van der Waals surface area contributed by atoms with Crippen LogP contribution < -0.4 is 10.7 Å². The SMILES string of the molecule is O=C(CCC(=O)Nc1cccc(Cl)c1)N/N=C/c1cc(Br)c(O)c(Br)c1. The molecule has 9 heteroatoms. The van der Waals surface area contributed by atoms with Crippen LogP contribution in [0, 0.1) is 0 Å². The van der Waals surface area contributed by atoms with Crippen LogP contribution in [0.2, 0.25) is 5.02 Å². The predicted octanol–water partition coefficient (Wildman–Crippen LogP) is 4.44. The molecule has 6 nitrogen and oxygen atoms in total. The fourth-order valence-electron chi connectivity index (χ4n) is 1.91. The van der Waals surface area contributed by atoms with Crippen LogP contribution in [0.15, 0.2) is 50.4 Å². The minimum Gasteiger partial charge on any atom is -0.506 e. The van der Waals surface area contributed by atoms with Crippen LogP contribution in [-0.4, -0.2) is 23.1 Å². The highest BCUT2D eigenvalue weighted by Crippen LogP contribution is 2.32. The van der Waals surface area contributed by atoms with Crippen LogP contribution in [0.25, 0.3) is 0 Å². The van der Waals surface area contributed by atoms with Crippen LogP contribution in [0.5, 0.6) is 5.75 Å². The zero-order chi connectivity index (χ0) is 19.1. The molecule has 0 unspecified atom stereocenters. The van der Waals surface area contributed by atoms with E-state index in [4.69, 9.17) is 11.6 Å². The first-order valence-corrected chi connectivity index (χ1v) is 9.37. The zero-order valence-corrected chi connectivity index (χ0v) is 17.2. The van der Waals surface area contributed by atoms with Gasteiger partial charge in [0.25, 0.3) is 0 Å². The minimum atomic E-state index is -0.389. The first-order chi connectivity index (χ1) is 12.3. The van der Waals surface area contributed by atoms with Gasteiger partial charge in [-0.2, -0.15) is 5.10 Å². The smallest absolute Gasteiger partial charge is 0.240 e. The minimum absolute atomic E-state index is 0.00724. The van der Waals surface area contributed by atoms with E-state index >= 15 is 0 Å². The molecule has 2 aromatic rings. The Morgan fingerprint density at radius 3 is 2.42 bits per heavy atom. The molecule has 0 aliphatic heterocycles. The first-order valence-electron chi connectivity index (χ1n) is 7.40. The quantitative estimate of drug-likeness (QED) is 0.402. The highest BCUT2D eigenvalue weighted by Gasteiger charge is 2.07. The van der Waals surface area contributed by atoms with Crippen molar-refractivity contribution in [1.82, 2.24) is 5.43 Å². The molecule has 0 spiro atoms. The van der Waals surface area contributed by atoms with Gasteiger partial charge in [-0.15, -0.1) is 0 Å². The van der Waals surface area contributed by atoms with Crippen molar-refractivity contribution in [3.8, 4) is 5.75 Å². The molecule has 0 atom stereocenters. The number of carbonyl (C=O) groups is 2. The third-order valence-corrected chi connectivity index (χ3v) is 4.57. The monoisotopic (exact) mass is 501 g/mol. The van der Waals surface area contributed by atoms with Gasteiger partial charge in [0.05, 0.1) is 15.2 Å². The fraction of sp³-hybridized carbons (Fsp3) is 0.118. The number of hydrazone groups is 1. The first kappa shape index (κ1) is 20.4. The molecule has 0 saturated carbocycles. The Morgan fingerprint density at radius 1 is 1.12 bits per heavy atom. The highest BCUT2D eigenvalue weighted by molar-refractivity contribution is 9.11. The second kappa shape index (κ2) is 9.70. The normalized spacial score (nSPS) is 10.7. The Hall–Kier alpha value is -1.90. The Labute approximate surface area is 171 Å². The molecule has 0 fully saturated rings. The molecule has 136 valence electrons. The number of phenolic OH excluding ortho intramolecular Hbond substituents is 1. The number of anilines is 1. The maximum absolute atomic E-state index is 11.8. The summed E-state index contributed by atoms with van der Waals surface area (Å²) < 4.78 is 0.995. The summed E-state index contributed by atoms with van der Waals surface area (Å²) in [6.07, 6.45) is 1.44. The molecule has 0 aliphatic rings. The molecule has 2 rings (SSSR count). The lowest BCUT2D eigenvalue weighted by Gasteiger charge is -2.05. The summed E-state index contributed by atoms with van der Waals surface area (Å²) in [5.41, 5.74) is 3.59. The van der Waals surface area contributed by atoms with E-state index in [1.807, 2.05) is 0 Å². The van der Waals surface area contributed by atoms with Crippen molar-refractivity contribution in [2.24, 2.45) is 5.10 Å². The van der Waals surface area contributed by atoms with Crippen molar-refractivity contribution in [1.29, 1.82) is 0 Å². The molecule has 0 heterocycles. The molecule has 0 aliphatic carbocycles. The number of hydrogen-bond donors (Lipinski definition) is 3. The van der Waals surface area contributed by atoms with E-state index in [9.17, 15) is 14.7 Å². The van der Waals surface area contributed by atoms with Crippen LogP contribution >= 0.6 is 43.5 Å². The summed E-state index contributed by atoms with van der Waals surface area (Å²) in [5.74, 6) is -0.603. The molecular weight excluding hydrogens is 489 g/mol. The van der Waals surface area contributed by atoms with Crippen molar-refractivity contribution in [3.05, 3.63) is 55.9 Å². The lowest BCUT2D eigenvalue weighted by molar-refractivity contribution is -0.124. The number of hydrogen-bond acceptors (Lipinski definition) is 4. The van der Waals surface area contributed by atoms with E-state index in [1.54, 1.807) is 36.4 Å². The molecular formula is C17H14Br2ClN3O3. The molecule has 0 saturated heterocycles. The number of nitrogens with zero attached hydrogens (tertiary/aromatic N) is 1. The summed E-state index contributed by atoms with van der Waals surface area (Å²) >= 11 is 12.3. The lowest BCUT2D eigenvalue weighted by Crippen LogP contribution is -2.20. The maximum atomic E-state index is 11.8. The Morgan fingerprint density at radius 2 is 1.77 bits per heavy atom. The van der Waals surface area contributed by atoms with Gasteiger partial charge in [-0.1, -0.05) is 17.7 Å². The van der Waals surface area contributed by atoms with Gasteiger partial charge in [0.15, 0.2) is 0 Å². The van der Waals surface area contributed by atoms with Crippen LogP contribution in [0.1, 0.15) is 18.4 Å². The Bertz CT molecular complexity index is 836. The summed E-state index contributed by atoms with van der Waals surface area (Å²) in [6.45, 7) is 0. The number of aromatic hydroxyl groups is 1. The highest BCUT2D eigenvalue weighted by atomic mass is 79.9. The maximum Gasteiger partial charge on any atom is 0.240 e. The average molecular weight is 504 g/mol. The van der Waals surface area contributed by atoms with Crippen LogP contribution in [-0.2, 0) is 9.59 Å². The number of rotatable bonds is 6. The van der Waals surface area contributed by atoms with Crippen molar-refractivity contribution < 1.29 is 14.7 Å². The number of benzene rings is 2. The third kappa shape index (κ3) is 6.44. The van der Waals surface area contributed by atoms with Crippen molar-refractivity contribution in [2.45, 2.75) is 12.8 Å². The van der Waals surface area contributed by atoms with Gasteiger partial charge in [0, 0.05) is 23.6 Å². The summed E-state index contributed by atoms with van der Waals surface area (Å²) in [6, 6.07) is 10.1. The van der Waals surface area contributed by atoms with E-state index in [2.05, 4.69) is 47.7 Å². The average Bonchev–Trinajstić information content (AvgIpc) is 2.58. The second-order valence-electron chi connectivity index (χ2n) is 5.18. The van der Waals surface area contributed by atoms with E-state index in [-0.39, 0.29) is 30.4 Å². The second-order valence-corrected chi connectivity index (χ2v) is 7.33. The van der Waals surface area contributed by atoms with E-state index in [0.717, 1.165) is 0 Å². The molecule has 0 bridgehead atoms. The molecule has 26 heavy (non-hydrogen) atoms. The van der Waals surface area contributed by atoms with Gasteiger partial charge in [0.1, 0.15) is 5.75 Å². The number of phenols is 1. The third-order valence-electron chi connectivity index (χ3n) is 3.13. The van der Waals surface area contributed by atoms with Gasteiger partial charge in [-0.25, -0.2) is 5.43 Å². The number of nitrogens with one attached hydrogen (secondary N) is 2. The van der Waals surface area contributed by atoms with Gasteiger partial charge < -0.3 is 10.4 Å². The van der Waals surface area contributed by atoms with E-state index in [1.165, 1.54) is 6.21 Å². The summed E-state index contributed by atoms with van der Waals surface area (Å²) in [7, 11) is 0. The molecule has 2 amide bonds. The summed E-state index contributed by atoms with van der Waals surface area (Å²) in [4.78, 5) is 23.6. The Balaban J connectivity index is 1.79. The van der Waals surface area contributed by atoms with E-state index < -0.39 is 0 Å². The van der Waals surface area contributed by atoms with Crippen LogP contribution in [0.4, 0.5) is 5.69 Å². The predicted molar refractivity (Wildman–Crippen MR) is 109 cm³/mol. The molecule has 0 radical (unpaired) electrons. The fourth-order valence-corrected chi connectivity index (χ4v) is 3.32. The zero-order valence-electron chi connectivity index (χ0n) is 13.3. The Kier molecular flexibility index (Phi) is 7.62. The summed E-state index contributed by atoms with van der Waals surface area (Å²) in [5, 5.41) is 16.6. The van der Waals surface area contributed by atoms with Gasteiger partial charge >= 0.3 is 0 Å². The molecule has 3 N–H and O–H groups in total. The van der Waals surface area contributed by atoms with Gasteiger partial charge in [-0.3, -0.25) is 9.59 Å². The number of amides is 2. The number of halogens is 3. The van der Waals surface area contributed by atoms with Crippen molar-refractivity contribution in [3.63, 3.8) is 0 Å². The van der Waals surface area contributed by atoms with Gasteiger partial charge in [0.2, 0.25) is 11.8 Å². The number of carbonyl (C=O) groups excluding carboxylic acids is 2. The lowest BCUT2D eigenvalue weighted by atomic mass is 10.2. The van der Waals surface area contributed by atoms with Crippen molar-refractivity contribution >= 4 is 67.2 Å². The standard InChI is InChI=1S/C17H14Br2ClN3O3/c18-13-6-10(7-14(19)17(13)26)9-21-23-16(25)5-4-15(24)22-12-3-1-2-11(20)8-12/h1-3,6-9,26H,4-5H2,(H,22,24)(H,23,25)/b21-9+. The van der Waals surface area contributed by atoms with Crippen LogP contribution in [0.3, 0.4) is 0 Å². The molecule has 0 aromatic heterocycles. The largest absolute Gasteiger partial charge is 0.506 e. The topological polar surface area (TPSA) is 90.8 Å². The van der Waals surface area contributed by atoms with Crippen molar-refractivity contribution in [2.75, 3.05) is 5.32 Å².